The molecule has 0 amide bonds. The van der Waals surface area contributed by atoms with Crippen molar-refractivity contribution >= 4 is 5.69 Å². The summed E-state index contributed by atoms with van der Waals surface area (Å²) in [4.78, 5) is 4.24. The topological polar surface area (TPSA) is 50.9 Å². The van der Waals surface area contributed by atoms with E-state index in [0.717, 1.165) is 24.5 Å². The number of nitrogens with one attached hydrogen (secondary N) is 1. The van der Waals surface area contributed by atoms with Crippen LogP contribution in [0.2, 0.25) is 0 Å². The van der Waals surface area contributed by atoms with Gasteiger partial charge in [-0.3, -0.25) is 4.98 Å². The molecule has 3 heteroatoms. The van der Waals surface area contributed by atoms with E-state index in [4.69, 9.17) is 5.73 Å². The first-order valence-electron chi connectivity index (χ1n) is 5.29. The Bertz CT molecular complexity index is 423. The number of pyridine rings is 1. The van der Waals surface area contributed by atoms with Crippen LogP contribution in [0.4, 0.5) is 5.69 Å². The van der Waals surface area contributed by atoms with Gasteiger partial charge in [-0.1, -0.05) is 18.2 Å². The molecule has 0 fully saturated rings. The molecule has 0 radical (unpaired) electrons. The maximum absolute atomic E-state index is 5.62. The summed E-state index contributed by atoms with van der Waals surface area (Å²) in [7, 11) is 0. The van der Waals surface area contributed by atoms with Crippen LogP contribution in [0.25, 0.3) is 0 Å². The Kier molecular flexibility index (Phi) is 3.51. The van der Waals surface area contributed by atoms with Crippen LogP contribution in [0, 0.1) is 0 Å². The van der Waals surface area contributed by atoms with Crippen molar-refractivity contribution in [3.05, 3.63) is 59.9 Å². The summed E-state index contributed by atoms with van der Waals surface area (Å²) in [6, 6.07) is 13.8. The standard InChI is InChI=1S/C13H15N3/c14-12-6-4-11(5-7-12)9-15-10-13-3-1-2-8-16-13/h1-8,15H,9-10,14H2. The van der Waals surface area contributed by atoms with Crippen molar-refractivity contribution in [1.29, 1.82) is 0 Å². The van der Waals surface area contributed by atoms with E-state index in [1.54, 1.807) is 6.20 Å². The fraction of sp³-hybridized carbons (Fsp3) is 0.154. The average molecular weight is 213 g/mol. The number of anilines is 1. The number of nitrogens with two attached hydrogens (primary N) is 1. The van der Waals surface area contributed by atoms with E-state index in [2.05, 4.69) is 10.3 Å². The highest BCUT2D eigenvalue weighted by atomic mass is 14.9. The summed E-state index contributed by atoms with van der Waals surface area (Å²) >= 11 is 0. The van der Waals surface area contributed by atoms with Crippen LogP contribution in [-0.4, -0.2) is 4.98 Å². The Hall–Kier alpha value is -1.87. The van der Waals surface area contributed by atoms with Crippen molar-refractivity contribution < 1.29 is 0 Å². The van der Waals surface area contributed by atoms with E-state index in [1.165, 1.54) is 5.56 Å². The van der Waals surface area contributed by atoms with Gasteiger partial charge in [0.05, 0.1) is 5.69 Å². The van der Waals surface area contributed by atoms with E-state index in [1.807, 2.05) is 42.5 Å². The van der Waals surface area contributed by atoms with Gasteiger partial charge in [-0.05, 0) is 29.8 Å². The van der Waals surface area contributed by atoms with Gasteiger partial charge in [-0.25, -0.2) is 0 Å². The molecular formula is C13H15N3. The zero-order valence-corrected chi connectivity index (χ0v) is 9.06. The van der Waals surface area contributed by atoms with Gasteiger partial charge in [0.1, 0.15) is 0 Å². The highest BCUT2D eigenvalue weighted by molar-refractivity contribution is 5.39. The highest BCUT2D eigenvalue weighted by Crippen LogP contribution is 2.05. The molecule has 1 aromatic heterocycles. The van der Waals surface area contributed by atoms with Gasteiger partial charge in [-0.2, -0.15) is 0 Å². The predicted octanol–water partition coefficient (Wildman–Crippen LogP) is 1.95. The maximum Gasteiger partial charge on any atom is 0.0541 e. The fourth-order valence-electron chi connectivity index (χ4n) is 1.47. The number of hydrogen-bond donors (Lipinski definition) is 2. The van der Waals surface area contributed by atoms with Crippen molar-refractivity contribution in [3.63, 3.8) is 0 Å². The molecule has 0 aliphatic carbocycles. The molecule has 0 unspecified atom stereocenters. The number of aromatic nitrogens is 1. The molecule has 3 N–H and O–H groups in total. The molecule has 0 aliphatic heterocycles. The minimum Gasteiger partial charge on any atom is -0.399 e. The van der Waals surface area contributed by atoms with Gasteiger partial charge in [0.2, 0.25) is 0 Å². The second-order valence-corrected chi connectivity index (χ2v) is 3.67. The molecule has 0 saturated carbocycles. The fourth-order valence-corrected chi connectivity index (χ4v) is 1.47. The van der Waals surface area contributed by atoms with Crippen LogP contribution in [0.5, 0.6) is 0 Å². The van der Waals surface area contributed by atoms with Crippen LogP contribution >= 0.6 is 0 Å². The van der Waals surface area contributed by atoms with Crippen molar-refractivity contribution in [2.24, 2.45) is 0 Å². The monoisotopic (exact) mass is 213 g/mol. The first-order valence-corrected chi connectivity index (χ1v) is 5.29. The molecule has 2 rings (SSSR count). The summed E-state index contributed by atoms with van der Waals surface area (Å²) in [5.41, 5.74) is 8.70. The Morgan fingerprint density at radius 3 is 2.50 bits per heavy atom. The number of rotatable bonds is 4. The number of nitrogens with zero attached hydrogens (tertiary/aromatic N) is 1. The van der Waals surface area contributed by atoms with Crippen LogP contribution in [0.3, 0.4) is 0 Å². The van der Waals surface area contributed by atoms with Crippen molar-refractivity contribution in [3.8, 4) is 0 Å². The first kappa shape index (κ1) is 10.6. The lowest BCUT2D eigenvalue weighted by Gasteiger charge is -2.04. The van der Waals surface area contributed by atoms with E-state index in [0.29, 0.717) is 0 Å². The molecular weight excluding hydrogens is 198 g/mol. The third-order valence-electron chi connectivity index (χ3n) is 2.34. The SMILES string of the molecule is Nc1ccc(CNCc2ccccn2)cc1. The van der Waals surface area contributed by atoms with Gasteiger partial charge in [0.15, 0.2) is 0 Å². The van der Waals surface area contributed by atoms with Crippen molar-refractivity contribution in [2.75, 3.05) is 5.73 Å². The molecule has 16 heavy (non-hydrogen) atoms. The molecule has 1 heterocycles. The highest BCUT2D eigenvalue weighted by Gasteiger charge is 1.94. The summed E-state index contributed by atoms with van der Waals surface area (Å²) in [6.45, 7) is 1.61. The minimum absolute atomic E-state index is 0.783. The largest absolute Gasteiger partial charge is 0.399 e. The molecule has 0 atom stereocenters. The number of hydrogen-bond acceptors (Lipinski definition) is 3. The lowest BCUT2D eigenvalue weighted by atomic mass is 10.2. The van der Waals surface area contributed by atoms with Gasteiger partial charge in [0, 0.05) is 25.0 Å². The summed E-state index contributed by atoms with van der Waals surface area (Å²) in [5, 5.41) is 3.33. The third-order valence-corrected chi connectivity index (χ3v) is 2.34. The zero-order chi connectivity index (χ0) is 11.2. The maximum atomic E-state index is 5.62. The Labute approximate surface area is 95.3 Å². The van der Waals surface area contributed by atoms with Crippen molar-refractivity contribution in [1.82, 2.24) is 10.3 Å². The molecule has 0 aliphatic rings. The second kappa shape index (κ2) is 5.28. The van der Waals surface area contributed by atoms with Gasteiger partial charge in [0.25, 0.3) is 0 Å². The summed E-state index contributed by atoms with van der Waals surface area (Å²) in [6.07, 6.45) is 1.81. The Morgan fingerprint density at radius 1 is 1.00 bits per heavy atom. The Balaban J connectivity index is 1.82. The van der Waals surface area contributed by atoms with Crippen LogP contribution in [0.1, 0.15) is 11.3 Å². The molecule has 1 aromatic carbocycles. The smallest absolute Gasteiger partial charge is 0.0541 e. The van der Waals surface area contributed by atoms with Crippen LogP contribution in [0.15, 0.2) is 48.7 Å². The van der Waals surface area contributed by atoms with Gasteiger partial charge >= 0.3 is 0 Å². The van der Waals surface area contributed by atoms with E-state index in [-0.39, 0.29) is 0 Å². The van der Waals surface area contributed by atoms with E-state index >= 15 is 0 Å². The molecule has 3 nitrogen and oxygen atoms in total. The third kappa shape index (κ3) is 3.07. The Morgan fingerprint density at radius 2 is 1.81 bits per heavy atom. The minimum atomic E-state index is 0.783. The first-order chi connectivity index (χ1) is 7.84. The molecule has 0 bridgehead atoms. The molecule has 82 valence electrons. The van der Waals surface area contributed by atoms with Gasteiger partial charge < -0.3 is 11.1 Å². The normalized spacial score (nSPS) is 10.2. The predicted molar refractivity (Wildman–Crippen MR) is 65.6 cm³/mol. The quantitative estimate of drug-likeness (QED) is 0.763. The zero-order valence-electron chi connectivity index (χ0n) is 9.06. The lowest BCUT2D eigenvalue weighted by Crippen LogP contribution is -2.13. The van der Waals surface area contributed by atoms with E-state index < -0.39 is 0 Å². The summed E-state index contributed by atoms with van der Waals surface area (Å²) in [5.74, 6) is 0. The number of nitrogen functional groups attached to an aromatic ring is 1. The lowest BCUT2D eigenvalue weighted by molar-refractivity contribution is 0.680. The van der Waals surface area contributed by atoms with Crippen LogP contribution < -0.4 is 11.1 Å². The van der Waals surface area contributed by atoms with Crippen molar-refractivity contribution in [2.45, 2.75) is 13.1 Å². The molecule has 0 saturated heterocycles. The molecule has 2 aromatic rings. The van der Waals surface area contributed by atoms with Crippen LogP contribution in [-0.2, 0) is 13.1 Å². The second-order valence-electron chi connectivity index (χ2n) is 3.67. The van der Waals surface area contributed by atoms with E-state index in [9.17, 15) is 0 Å². The number of benzene rings is 1. The summed E-state index contributed by atoms with van der Waals surface area (Å²) < 4.78 is 0. The molecule has 0 spiro atoms. The average Bonchev–Trinajstić information content (AvgIpc) is 2.33. The van der Waals surface area contributed by atoms with Gasteiger partial charge in [-0.15, -0.1) is 0 Å².